The van der Waals surface area contributed by atoms with Gasteiger partial charge in [-0.15, -0.1) is 0 Å². The summed E-state index contributed by atoms with van der Waals surface area (Å²) in [5.74, 6) is -1.04. The second-order valence-electron chi connectivity index (χ2n) is 5.85. The maximum atomic E-state index is 11.4. The van der Waals surface area contributed by atoms with Crippen LogP contribution in [-0.2, 0) is 14.4 Å². The zero-order valence-corrected chi connectivity index (χ0v) is 14.4. The number of hydrogen-bond acceptors (Lipinski definition) is 3. The van der Waals surface area contributed by atoms with Crippen LogP contribution in [0.25, 0.3) is 0 Å². The van der Waals surface area contributed by atoms with Crippen LogP contribution >= 0.6 is 0 Å². The lowest BCUT2D eigenvalue weighted by molar-refractivity contribution is -0.138. The smallest absolute Gasteiger partial charge is 0.322 e. The molecule has 0 radical (unpaired) electrons. The van der Waals surface area contributed by atoms with E-state index in [1.165, 1.54) is 6.42 Å². The van der Waals surface area contributed by atoms with Crippen molar-refractivity contribution in [2.75, 3.05) is 13.1 Å². The van der Waals surface area contributed by atoms with Gasteiger partial charge in [0.2, 0.25) is 11.8 Å². The maximum Gasteiger partial charge on any atom is 0.322 e. The number of carboxylic acids is 1. The first-order chi connectivity index (χ1) is 11.1. The molecule has 0 aromatic heterocycles. The van der Waals surface area contributed by atoms with Crippen LogP contribution in [-0.4, -0.2) is 36.0 Å². The lowest BCUT2D eigenvalue weighted by Crippen LogP contribution is -2.28. The molecule has 0 heterocycles. The Morgan fingerprint density at radius 1 is 0.739 bits per heavy atom. The van der Waals surface area contributed by atoms with E-state index in [4.69, 9.17) is 5.11 Å². The van der Waals surface area contributed by atoms with Crippen LogP contribution in [0.3, 0.4) is 0 Å². The molecule has 23 heavy (non-hydrogen) atoms. The zero-order valence-electron chi connectivity index (χ0n) is 14.4. The van der Waals surface area contributed by atoms with Crippen LogP contribution in [0.5, 0.6) is 0 Å². The van der Waals surface area contributed by atoms with E-state index in [-0.39, 0.29) is 18.4 Å². The van der Waals surface area contributed by atoms with Crippen molar-refractivity contribution in [3.05, 3.63) is 0 Å². The van der Waals surface area contributed by atoms with Crippen LogP contribution in [0.2, 0.25) is 0 Å². The Morgan fingerprint density at radius 2 is 1.17 bits per heavy atom. The van der Waals surface area contributed by atoms with E-state index in [0.29, 0.717) is 12.8 Å². The first-order valence-corrected chi connectivity index (χ1v) is 8.81. The van der Waals surface area contributed by atoms with E-state index >= 15 is 0 Å². The molecule has 0 fully saturated rings. The number of nitrogens with one attached hydrogen (secondary N) is 2. The van der Waals surface area contributed by atoms with Gasteiger partial charge in [-0.25, -0.2) is 0 Å². The summed E-state index contributed by atoms with van der Waals surface area (Å²) in [6.45, 7) is 2.52. The number of unbranched alkanes of at least 4 members (excludes halogenated alkanes) is 7. The van der Waals surface area contributed by atoms with Crippen LogP contribution in [0, 0.1) is 0 Å². The maximum absolute atomic E-state index is 11.4. The summed E-state index contributed by atoms with van der Waals surface area (Å²) in [5, 5.41) is 13.7. The number of rotatable bonds is 15. The van der Waals surface area contributed by atoms with Gasteiger partial charge in [-0.2, -0.15) is 0 Å². The first-order valence-electron chi connectivity index (χ1n) is 8.81. The minimum atomic E-state index is -1.01. The van der Waals surface area contributed by atoms with Gasteiger partial charge >= 0.3 is 5.97 Å². The molecule has 0 aromatic rings. The van der Waals surface area contributed by atoms with Crippen LogP contribution in [0.1, 0.15) is 77.6 Å². The minimum absolute atomic E-state index is 0.160. The molecule has 0 rings (SSSR count). The molecular formula is C17H32N2O4. The number of aliphatic carboxylic acids is 1. The molecule has 0 saturated carbocycles. The summed E-state index contributed by atoms with van der Waals surface area (Å²) in [5.41, 5.74) is 0. The van der Waals surface area contributed by atoms with Crippen LogP contribution in [0.4, 0.5) is 0 Å². The Hall–Kier alpha value is -1.59. The van der Waals surface area contributed by atoms with Crippen molar-refractivity contribution in [1.29, 1.82) is 0 Å². The highest BCUT2D eigenvalue weighted by Gasteiger charge is 2.03. The molecule has 0 aliphatic heterocycles. The van der Waals surface area contributed by atoms with Crippen LogP contribution < -0.4 is 10.6 Å². The van der Waals surface area contributed by atoms with Gasteiger partial charge in [0.25, 0.3) is 0 Å². The number of hydrogen-bond donors (Lipinski definition) is 3. The third-order valence-corrected chi connectivity index (χ3v) is 3.57. The predicted octanol–water partition coefficient (Wildman–Crippen LogP) is 2.61. The Kier molecular flexibility index (Phi) is 14.3. The number of carboxylic acid groups (broad SMARTS) is 1. The summed E-state index contributed by atoms with van der Waals surface area (Å²) in [6.07, 6.45) is 10.4. The van der Waals surface area contributed by atoms with Crippen molar-refractivity contribution in [3.63, 3.8) is 0 Å². The molecular weight excluding hydrogens is 296 g/mol. The van der Waals surface area contributed by atoms with Gasteiger partial charge < -0.3 is 15.7 Å². The van der Waals surface area contributed by atoms with Crippen LogP contribution in [0.15, 0.2) is 0 Å². The lowest BCUT2D eigenvalue weighted by Gasteiger charge is -2.04. The van der Waals surface area contributed by atoms with Crippen molar-refractivity contribution in [1.82, 2.24) is 10.6 Å². The largest absolute Gasteiger partial charge is 0.480 e. The molecule has 3 N–H and O–H groups in total. The van der Waals surface area contributed by atoms with Crippen molar-refractivity contribution in [3.8, 4) is 0 Å². The van der Waals surface area contributed by atoms with Crippen molar-refractivity contribution < 1.29 is 19.5 Å². The zero-order chi connectivity index (χ0) is 17.3. The van der Waals surface area contributed by atoms with Gasteiger partial charge in [0.05, 0.1) is 0 Å². The fourth-order valence-corrected chi connectivity index (χ4v) is 2.25. The number of carbonyl (C=O) groups is 3. The second kappa shape index (κ2) is 15.3. The first kappa shape index (κ1) is 21.4. The van der Waals surface area contributed by atoms with Crippen molar-refractivity contribution in [2.24, 2.45) is 0 Å². The van der Waals surface area contributed by atoms with Crippen molar-refractivity contribution >= 4 is 17.8 Å². The Balaban J connectivity index is 3.23. The van der Waals surface area contributed by atoms with E-state index in [0.717, 1.165) is 57.9 Å². The highest BCUT2D eigenvalue weighted by atomic mass is 16.4. The quantitative estimate of drug-likeness (QED) is 0.403. The highest BCUT2D eigenvalue weighted by Crippen LogP contribution is 2.10. The standard InChI is InChI=1S/C17H32N2O4/c1-2-13-18-15(20)11-9-7-5-3-4-6-8-10-12-16(21)19-14-17(22)23/h2-14H2,1H3,(H,18,20)(H,19,21)(H,22,23). The van der Waals surface area contributed by atoms with E-state index in [1.54, 1.807) is 0 Å². The fourth-order valence-electron chi connectivity index (χ4n) is 2.25. The van der Waals surface area contributed by atoms with Gasteiger partial charge in [0.1, 0.15) is 6.54 Å². The average Bonchev–Trinajstić information content (AvgIpc) is 2.52. The molecule has 0 unspecified atom stereocenters. The Bertz CT molecular complexity index is 345. The molecule has 0 spiro atoms. The third kappa shape index (κ3) is 16.6. The summed E-state index contributed by atoms with van der Waals surface area (Å²) >= 11 is 0. The van der Waals surface area contributed by atoms with Gasteiger partial charge in [-0.05, 0) is 19.3 Å². The molecule has 134 valence electrons. The van der Waals surface area contributed by atoms with Gasteiger partial charge in [-0.3, -0.25) is 14.4 Å². The highest BCUT2D eigenvalue weighted by molar-refractivity contribution is 5.80. The van der Waals surface area contributed by atoms with Gasteiger partial charge in [-0.1, -0.05) is 45.4 Å². The van der Waals surface area contributed by atoms with E-state index in [9.17, 15) is 14.4 Å². The molecule has 0 bridgehead atoms. The van der Waals surface area contributed by atoms with E-state index in [1.807, 2.05) is 6.92 Å². The normalized spacial score (nSPS) is 10.3. The topological polar surface area (TPSA) is 95.5 Å². The number of amides is 2. The Morgan fingerprint density at radius 3 is 1.61 bits per heavy atom. The van der Waals surface area contributed by atoms with Gasteiger partial charge in [0, 0.05) is 19.4 Å². The average molecular weight is 328 g/mol. The van der Waals surface area contributed by atoms with E-state index < -0.39 is 5.97 Å². The molecule has 0 atom stereocenters. The molecule has 0 aromatic carbocycles. The lowest BCUT2D eigenvalue weighted by atomic mass is 10.1. The SMILES string of the molecule is CCCNC(=O)CCCCCCCCCCC(=O)NCC(=O)O. The molecule has 0 aliphatic carbocycles. The minimum Gasteiger partial charge on any atom is -0.480 e. The second-order valence-corrected chi connectivity index (χ2v) is 5.85. The third-order valence-electron chi connectivity index (χ3n) is 3.57. The Labute approximate surface area is 139 Å². The summed E-state index contributed by atoms with van der Waals surface area (Å²) in [4.78, 5) is 32.9. The monoisotopic (exact) mass is 328 g/mol. The molecule has 0 aliphatic rings. The number of carbonyl (C=O) groups excluding carboxylic acids is 2. The predicted molar refractivity (Wildman–Crippen MR) is 90.1 cm³/mol. The fraction of sp³-hybridized carbons (Fsp3) is 0.824. The summed E-state index contributed by atoms with van der Waals surface area (Å²) in [7, 11) is 0. The van der Waals surface area contributed by atoms with E-state index in [2.05, 4.69) is 10.6 Å². The molecule has 6 nitrogen and oxygen atoms in total. The molecule has 6 heteroatoms. The summed E-state index contributed by atoms with van der Waals surface area (Å²) < 4.78 is 0. The molecule has 2 amide bonds. The molecule has 0 saturated heterocycles. The summed E-state index contributed by atoms with van der Waals surface area (Å²) in [6, 6.07) is 0. The van der Waals surface area contributed by atoms with Crippen molar-refractivity contribution in [2.45, 2.75) is 77.6 Å². The van der Waals surface area contributed by atoms with Gasteiger partial charge in [0.15, 0.2) is 0 Å².